The minimum absolute atomic E-state index is 0. The largest absolute Gasteiger partial charge is 4.00 e. The maximum absolute atomic E-state index is 13.0. The molecule has 0 unspecified atom stereocenters. The van der Waals surface area contributed by atoms with Gasteiger partial charge < -0.3 is 19.9 Å². The summed E-state index contributed by atoms with van der Waals surface area (Å²) in [5.74, 6) is -0.889. The van der Waals surface area contributed by atoms with E-state index in [-0.39, 0.29) is 54.4 Å². The van der Waals surface area contributed by atoms with Crippen LogP contribution < -0.4 is 0 Å². The normalized spacial score (nSPS) is 11.1. The van der Waals surface area contributed by atoms with Gasteiger partial charge in [0.1, 0.15) is 23.3 Å². The van der Waals surface area contributed by atoms with Gasteiger partial charge >= 0.3 is 31.1 Å². The van der Waals surface area contributed by atoms with Gasteiger partial charge in [0, 0.05) is 0 Å². The summed E-state index contributed by atoms with van der Waals surface area (Å²) < 4.78 is 52.2. The van der Waals surface area contributed by atoms with E-state index >= 15 is 0 Å². The van der Waals surface area contributed by atoms with Gasteiger partial charge in [-0.15, -0.1) is 22.7 Å². The van der Waals surface area contributed by atoms with Crippen LogP contribution in [-0.4, -0.2) is 32.9 Å². The molecule has 0 saturated carbocycles. The molecule has 4 nitrogen and oxygen atoms in total. The average molecular weight is 967 g/mol. The monoisotopic (exact) mass is 966 g/mol. The van der Waals surface area contributed by atoms with Crippen LogP contribution in [0.15, 0.2) is 97.1 Å². The van der Waals surface area contributed by atoms with Crippen molar-refractivity contribution in [2.24, 2.45) is 0 Å². The summed E-state index contributed by atoms with van der Waals surface area (Å²) in [5.41, 5.74) is 1.99. The molecule has 0 spiro atoms. The second-order valence-electron chi connectivity index (χ2n) is 14.9. The van der Waals surface area contributed by atoms with Gasteiger partial charge in [0.25, 0.3) is 0 Å². The van der Waals surface area contributed by atoms with Crippen LogP contribution in [0.4, 0.5) is 40.3 Å². The topological polar surface area (TPSA) is 56.4 Å². The molecule has 13 heteroatoms. The van der Waals surface area contributed by atoms with Gasteiger partial charge in [0.15, 0.2) is 0 Å². The number of hydrogen-bond acceptors (Lipinski definition) is 0. The first kappa shape index (κ1) is 46.7. The van der Waals surface area contributed by atoms with Crippen molar-refractivity contribution >= 4 is 55.7 Å². The van der Waals surface area contributed by atoms with Crippen LogP contribution in [0.5, 0.6) is 0 Å². The van der Waals surface area contributed by atoms with E-state index in [0.717, 1.165) is 0 Å². The van der Waals surface area contributed by atoms with E-state index in [4.69, 9.17) is 0 Å². The van der Waals surface area contributed by atoms with Gasteiger partial charge in [-0.05, 0) is 57.2 Å². The Bertz CT molecular complexity index is 1310. The molecule has 264 valence electrons. The molecule has 0 bridgehead atoms. The van der Waals surface area contributed by atoms with Crippen molar-refractivity contribution in [1.82, 2.24) is 0 Å². The predicted octanol–water partition coefficient (Wildman–Crippen LogP) is 14.7. The Balaban J connectivity index is 0.000000623. The number of benzene rings is 4. The fraction of sp³-hybridized carbons (Fsp3) is 0.333. The Morgan fingerprint density at radius 3 is 0.571 bits per heavy atom. The van der Waals surface area contributed by atoms with Crippen LogP contribution in [0, 0.1) is 54.4 Å². The summed E-state index contributed by atoms with van der Waals surface area (Å²) in [6.45, 7) is 25.0. The Kier molecular flexibility index (Phi) is 20.2. The number of halogens is 4. The number of hydrogen-bond donors (Lipinski definition) is 0. The third-order valence-electron chi connectivity index (χ3n) is 5.23. The smallest absolute Gasteiger partial charge is 0.685 e. The molecule has 4 aromatic rings. The number of rotatable bonds is 8. The SMILES string of the molecule is C[Si](C)(C)[N-]c1ccccc1F.C[Si](C)(C)[N-]c1ccccc1F.C[Si](C)(C)[N-]c1ccccc1F.C[Si](C)(C)[N-]c1ccccc1F.[U+4]. The standard InChI is InChI=1S/4C9H13FNSi.U/c4*1-12(2,3)11-9-7-5-4-6-8(9)10;/h4*4-7H,1-3H3;/q4*-1;+4. The molecule has 0 aliphatic carbocycles. The molecule has 49 heavy (non-hydrogen) atoms. The maximum Gasteiger partial charge on any atom is 4.00 e. The van der Waals surface area contributed by atoms with Crippen molar-refractivity contribution in [3.63, 3.8) is 0 Å². The number of nitrogens with zero attached hydrogens (tertiary/aromatic N) is 4. The molecular weight excluding hydrogens is 915 g/mol. The Morgan fingerprint density at radius 1 is 0.306 bits per heavy atom. The second kappa shape index (κ2) is 21.2. The van der Waals surface area contributed by atoms with Crippen molar-refractivity contribution in [3.8, 4) is 0 Å². The van der Waals surface area contributed by atoms with Crippen LogP contribution in [0.1, 0.15) is 0 Å². The van der Waals surface area contributed by atoms with Crippen LogP contribution >= 0.6 is 0 Å². The minimum atomic E-state index is -1.54. The molecule has 0 radical (unpaired) electrons. The minimum Gasteiger partial charge on any atom is -0.685 e. The molecule has 0 fully saturated rings. The summed E-state index contributed by atoms with van der Waals surface area (Å²) in [5, 5.41) is 0. The van der Waals surface area contributed by atoms with Crippen molar-refractivity contribution in [2.75, 3.05) is 0 Å². The Hall–Kier alpha value is -2.28. The molecule has 0 amide bonds. The van der Waals surface area contributed by atoms with Gasteiger partial charge in [-0.25, -0.2) is 17.6 Å². The van der Waals surface area contributed by atoms with Crippen molar-refractivity contribution in [2.45, 2.75) is 78.6 Å². The molecule has 4 aromatic carbocycles. The van der Waals surface area contributed by atoms with Gasteiger partial charge in [-0.1, -0.05) is 151 Å². The fourth-order valence-electron chi connectivity index (χ4n) is 3.62. The first-order chi connectivity index (χ1) is 22.0. The van der Waals surface area contributed by atoms with E-state index in [1.807, 2.05) is 24.3 Å². The average Bonchev–Trinajstić information content (AvgIpc) is 2.92. The van der Waals surface area contributed by atoms with Gasteiger partial charge in [-0.3, -0.25) is 0 Å². The molecule has 0 saturated heterocycles. The summed E-state index contributed by atoms with van der Waals surface area (Å²) in [7, 11) is -6.18. The van der Waals surface area contributed by atoms with Crippen LogP contribution in [0.25, 0.3) is 19.9 Å². The Morgan fingerprint density at radius 2 is 0.449 bits per heavy atom. The molecule has 0 aliphatic heterocycles. The van der Waals surface area contributed by atoms with Crippen molar-refractivity contribution < 1.29 is 48.7 Å². The maximum atomic E-state index is 13.0. The van der Waals surface area contributed by atoms with E-state index in [1.54, 1.807) is 48.5 Å². The molecule has 4 rings (SSSR count). The quantitative estimate of drug-likeness (QED) is 0.125. The zero-order valence-corrected chi connectivity index (χ0v) is 39.2. The molecule has 0 aromatic heterocycles. The van der Waals surface area contributed by atoms with E-state index in [9.17, 15) is 17.6 Å². The molecular formula is C36H52F4N4Si4U. The van der Waals surface area contributed by atoms with Crippen LogP contribution in [-0.2, 0) is 0 Å². The van der Waals surface area contributed by atoms with Crippen molar-refractivity contribution in [3.05, 3.63) is 140 Å². The third-order valence-corrected chi connectivity index (χ3v) is 8.88. The molecule has 0 N–H and O–H groups in total. The van der Waals surface area contributed by atoms with Gasteiger partial charge in [0.05, 0.1) is 0 Å². The molecule has 0 heterocycles. The third kappa shape index (κ3) is 22.9. The van der Waals surface area contributed by atoms with Crippen molar-refractivity contribution in [1.29, 1.82) is 0 Å². The first-order valence-electron chi connectivity index (χ1n) is 15.9. The van der Waals surface area contributed by atoms with Gasteiger partial charge in [0.2, 0.25) is 0 Å². The second-order valence-corrected chi connectivity index (χ2v) is 33.2. The first-order valence-corrected chi connectivity index (χ1v) is 29.6. The molecule has 0 aliphatic rings. The predicted molar refractivity (Wildman–Crippen MR) is 211 cm³/mol. The van der Waals surface area contributed by atoms with Crippen LogP contribution in [0.2, 0.25) is 78.6 Å². The fourth-order valence-corrected chi connectivity index (χ4v) is 7.23. The summed E-state index contributed by atoms with van der Waals surface area (Å²) in [6.07, 6.45) is 0. The summed E-state index contributed by atoms with van der Waals surface area (Å²) >= 11 is 0. The zero-order chi connectivity index (χ0) is 36.8. The van der Waals surface area contributed by atoms with Crippen LogP contribution in [0.3, 0.4) is 0 Å². The Labute approximate surface area is 321 Å². The van der Waals surface area contributed by atoms with E-state index in [1.165, 1.54) is 24.3 Å². The van der Waals surface area contributed by atoms with Gasteiger partial charge in [-0.2, -0.15) is 0 Å². The summed E-state index contributed by atoms with van der Waals surface area (Å²) in [4.78, 5) is 17.4. The zero-order valence-electron chi connectivity index (χ0n) is 31.0. The van der Waals surface area contributed by atoms with E-state index < -0.39 is 32.9 Å². The van der Waals surface area contributed by atoms with E-state index in [0.29, 0.717) is 22.7 Å². The van der Waals surface area contributed by atoms with E-state index in [2.05, 4.69) is 98.5 Å². The molecule has 0 atom stereocenters. The summed E-state index contributed by atoms with van der Waals surface area (Å²) in [6, 6.07) is 26.6.